The van der Waals surface area contributed by atoms with E-state index in [9.17, 15) is 8.42 Å². The standard InChI is InChI=1S/C13H27NO2S.3CH4/c1-11(12(2,3)4)9-10-14(13(5,6)7)17(8,15)16;;;/h9H,10H2,1-8H3;3*1H4/b11-9-;;;. The average Bonchev–Trinajstić information content (AvgIpc) is 1.96. The molecule has 0 heterocycles. The number of hydrogen-bond acceptors (Lipinski definition) is 2. The molecule has 0 aromatic carbocycles. The summed E-state index contributed by atoms with van der Waals surface area (Å²) in [7, 11) is -3.18. The van der Waals surface area contributed by atoms with Crippen LogP contribution >= 0.6 is 0 Å². The molecule has 0 saturated carbocycles. The van der Waals surface area contributed by atoms with Crippen molar-refractivity contribution in [1.82, 2.24) is 4.31 Å². The van der Waals surface area contributed by atoms with E-state index in [1.54, 1.807) is 0 Å². The van der Waals surface area contributed by atoms with Crippen molar-refractivity contribution in [3.8, 4) is 0 Å². The molecule has 0 radical (unpaired) electrons. The van der Waals surface area contributed by atoms with Crippen LogP contribution in [0.3, 0.4) is 0 Å². The van der Waals surface area contributed by atoms with E-state index in [-0.39, 0.29) is 33.2 Å². The van der Waals surface area contributed by atoms with Crippen molar-refractivity contribution in [2.75, 3.05) is 12.8 Å². The van der Waals surface area contributed by atoms with Gasteiger partial charge in [0.1, 0.15) is 0 Å². The van der Waals surface area contributed by atoms with Gasteiger partial charge in [-0.2, -0.15) is 4.31 Å². The number of allylic oxidation sites excluding steroid dienone is 1. The molecule has 0 bridgehead atoms. The summed E-state index contributed by atoms with van der Waals surface area (Å²) in [4.78, 5) is 0. The summed E-state index contributed by atoms with van der Waals surface area (Å²) in [5.41, 5.74) is 0.902. The second kappa shape index (κ2) is 8.83. The Labute approximate surface area is 129 Å². The molecule has 4 heteroatoms. The molecule has 20 heavy (non-hydrogen) atoms. The lowest BCUT2D eigenvalue weighted by molar-refractivity contribution is 0.270. The summed E-state index contributed by atoms with van der Waals surface area (Å²) in [6, 6.07) is 0. The quantitative estimate of drug-likeness (QED) is 0.692. The van der Waals surface area contributed by atoms with Gasteiger partial charge in [0.15, 0.2) is 0 Å². The van der Waals surface area contributed by atoms with Crippen LogP contribution in [0.2, 0.25) is 0 Å². The zero-order chi connectivity index (χ0) is 14.1. The van der Waals surface area contributed by atoms with E-state index >= 15 is 0 Å². The van der Waals surface area contributed by atoms with Gasteiger partial charge in [-0.15, -0.1) is 0 Å². The van der Waals surface area contributed by atoms with E-state index < -0.39 is 10.0 Å². The normalized spacial score (nSPS) is 13.2. The minimum absolute atomic E-state index is 0. The molecule has 126 valence electrons. The first-order valence-corrected chi connectivity index (χ1v) is 7.76. The first kappa shape index (κ1) is 27.9. The van der Waals surface area contributed by atoms with Gasteiger partial charge >= 0.3 is 0 Å². The summed E-state index contributed by atoms with van der Waals surface area (Å²) in [6.45, 7) is 14.6. The highest BCUT2D eigenvalue weighted by Gasteiger charge is 2.28. The van der Waals surface area contributed by atoms with Crippen LogP contribution in [0.1, 0.15) is 70.7 Å². The van der Waals surface area contributed by atoms with Crippen molar-refractivity contribution in [1.29, 1.82) is 0 Å². The van der Waals surface area contributed by atoms with Gasteiger partial charge in [0.2, 0.25) is 10.0 Å². The van der Waals surface area contributed by atoms with Crippen molar-refractivity contribution in [3.63, 3.8) is 0 Å². The van der Waals surface area contributed by atoms with Gasteiger partial charge in [-0.3, -0.25) is 0 Å². The molecule has 0 atom stereocenters. The highest BCUT2D eigenvalue weighted by Crippen LogP contribution is 2.25. The second-order valence-electron chi connectivity index (χ2n) is 6.60. The Morgan fingerprint density at radius 2 is 1.35 bits per heavy atom. The van der Waals surface area contributed by atoms with Crippen LogP contribution in [0.25, 0.3) is 0 Å². The molecule has 3 nitrogen and oxygen atoms in total. The molecule has 0 fully saturated rings. The van der Waals surface area contributed by atoms with Crippen molar-refractivity contribution in [2.24, 2.45) is 5.41 Å². The van der Waals surface area contributed by atoms with Gasteiger partial charge in [-0.1, -0.05) is 54.7 Å². The smallest absolute Gasteiger partial charge is 0.211 e. The van der Waals surface area contributed by atoms with Crippen LogP contribution in [0.5, 0.6) is 0 Å². The molecule has 0 unspecified atom stereocenters. The molecule has 0 aliphatic carbocycles. The third kappa shape index (κ3) is 9.54. The lowest BCUT2D eigenvalue weighted by Crippen LogP contribution is -2.45. The molecule has 0 rings (SSSR count). The third-order valence-corrected chi connectivity index (χ3v) is 4.39. The molecule has 0 amide bonds. The predicted octanol–water partition coefficient (Wildman–Crippen LogP) is 4.95. The maximum absolute atomic E-state index is 11.7. The molecule has 0 saturated heterocycles. The van der Waals surface area contributed by atoms with Crippen LogP contribution in [0.4, 0.5) is 0 Å². The first-order chi connectivity index (χ1) is 7.26. The fourth-order valence-corrected chi connectivity index (χ4v) is 2.77. The largest absolute Gasteiger partial charge is 0.212 e. The van der Waals surface area contributed by atoms with Crippen molar-refractivity contribution < 1.29 is 8.42 Å². The lowest BCUT2D eigenvalue weighted by Gasteiger charge is -2.33. The van der Waals surface area contributed by atoms with Crippen LogP contribution < -0.4 is 0 Å². The van der Waals surface area contributed by atoms with Gasteiger partial charge in [-0.25, -0.2) is 8.42 Å². The van der Waals surface area contributed by atoms with Gasteiger partial charge in [-0.05, 0) is 33.1 Å². The van der Waals surface area contributed by atoms with Crippen molar-refractivity contribution in [2.45, 2.75) is 76.3 Å². The Bertz CT molecular complexity index is 382. The van der Waals surface area contributed by atoms with Gasteiger partial charge < -0.3 is 0 Å². The average molecular weight is 310 g/mol. The summed E-state index contributed by atoms with van der Waals surface area (Å²) < 4.78 is 25.0. The Morgan fingerprint density at radius 1 is 1.00 bits per heavy atom. The molecular formula is C16H39NO2S. The Hall–Kier alpha value is -0.350. The van der Waals surface area contributed by atoms with Crippen LogP contribution in [-0.4, -0.2) is 31.1 Å². The molecule has 0 N–H and O–H groups in total. The molecule has 0 aliphatic heterocycles. The molecule has 0 aliphatic rings. The molecule has 0 aromatic heterocycles. The summed E-state index contributed by atoms with van der Waals surface area (Å²) in [5, 5.41) is 0. The first-order valence-electron chi connectivity index (χ1n) is 5.91. The highest BCUT2D eigenvalue weighted by molar-refractivity contribution is 7.88. The topological polar surface area (TPSA) is 37.4 Å². The lowest BCUT2D eigenvalue weighted by atomic mass is 9.87. The van der Waals surface area contributed by atoms with E-state index in [1.165, 1.54) is 16.1 Å². The highest BCUT2D eigenvalue weighted by atomic mass is 32.2. The summed E-state index contributed by atoms with van der Waals surface area (Å²) >= 11 is 0. The van der Waals surface area contributed by atoms with E-state index in [1.807, 2.05) is 33.8 Å². The zero-order valence-electron chi connectivity index (χ0n) is 12.5. The molecular weight excluding hydrogens is 270 g/mol. The number of hydrogen-bond donors (Lipinski definition) is 0. The van der Waals surface area contributed by atoms with Crippen LogP contribution in [0, 0.1) is 5.41 Å². The predicted molar refractivity (Wildman–Crippen MR) is 94.7 cm³/mol. The summed E-state index contributed by atoms with van der Waals surface area (Å²) in [6.07, 6.45) is 3.27. The van der Waals surface area contributed by atoms with E-state index in [0.29, 0.717) is 6.54 Å². The SMILES string of the molecule is C.C.C.C/C(=C/CN(C(C)(C)C)S(C)(=O)=O)C(C)(C)C. The Balaban J connectivity index is -0.000000427. The zero-order valence-corrected chi connectivity index (χ0v) is 13.3. The van der Waals surface area contributed by atoms with Crippen molar-refractivity contribution >= 4 is 10.0 Å². The number of nitrogens with zero attached hydrogens (tertiary/aromatic N) is 1. The fraction of sp³-hybridized carbons (Fsp3) is 0.875. The monoisotopic (exact) mass is 309 g/mol. The maximum atomic E-state index is 11.7. The second-order valence-corrected chi connectivity index (χ2v) is 8.51. The third-order valence-electron chi connectivity index (χ3n) is 2.89. The van der Waals surface area contributed by atoms with E-state index in [0.717, 1.165) is 0 Å². The minimum Gasteiger partial charge on any atom is -0.212 e. The van der Waals surface area contributed by atoms with Gasteiger partial charge in [0.25, 0.3) is 0 Å². The number of rotatable bonds is 3. The van der Waals surface area contributed by atoms with Crippen LogP contribution in [-0.2, 0) is 10.0 Å². The molecule has 0 aromatic rings. The van der Waals surface area contributed by atoms with Gasteiger partial charge in [0, 0.05) is 12.1 Å². The maximum Gasteiger partial charge on any atom is 0.211 e. The van der Waals surface area contributed by atoms with E-state index in [4.69, 9.17) is 0 Å². The minimum atomic E-state index is -3.18. The van der Waals surface area contributed by atoms with Crippen LogP contribution in [0.15, 0.2) is 11.6 Å². The summed E-state index contributed by atoms with van der Waals surface area (Å²) in [5.74, 6) is 0. The number of sulfonamides is 1. The Morgan fingerprint density at radius 3 is 1.55 bits per heavy atom. The molecule has 0 spiro atoms. The van der Waals surface area contributed by atoms with Gasteiger partial charge in [0.05, 0.1) is 6.26 Å². The Kier molecular flexibility index (Phi) is 12.3. The van der Waals surface area contributed by atoms with Crippen molar-refractivity contribution in [3.05, 3.63) is 11.6 Å². The fourth-order valence-electron chi connectivity index (χ4n) is 1.43. The van der Waals surface area contributed by atoms with E-state index in [2.05, 4.69) is 20.8 Å².